The summed E-state index contributed by atoms with van der Waals surface area (Å²) >= 11 is 3.87. The number of aliphatic hydroxyl groups excluding tert-OH is 1. The van der Waals surface area contributed by atoms with E-state index in [2.05, 4.69) is 28.6 Å². The molecule has 0 radical (unpaired) electrons. The van der Waals surface area contributed by atoms with Crippen LogP contribution in [0.5, 0.6) is 5.75 Å². The minimum atomic E-state index is -1.34. The number of hydrogen-bond donors (Lipinski definition) is 8. The van der Waals surface area contributed by atoms with Gasteiger partial charge in [-0.1, -0.05) is 12.1 Å². The van der Waals surface area contributed by atoms with Gasteiger partial charge in [0.15, 0.2) is 0 Å². The highest BCUT2D eigenvalue weighted by Gasteiger charge is 2.27. The van der Waals surface area contributed by atoms with Gasteiger partial charge in [-0.25, -0.2) is 4.79 Å². The van der Waals surface area contributed by atoms with Crippen LogP contribution in [0.15, 0.2) is 24.3 Å². The molecule has 4 atom stereocenters. The van der Waals surface area contributed by atoms with E-state index in [1.807, 2.05) is 0 Å². The van der Waals surface area contributed by atoms with Gasteiger partial charge in [-0.15, -0.1) is 0 Å². The number of carboxylic acids is 1. The topological polar surface area (TPSA) is 191 Å². The molecule has 1 aromatic rings. The van der Waals surface area contributed by atoms with Crippen LogP contribution in [-0.2, 0) is 25.6 Å². The molecule has 0 fully saturated rings. The molecule has 12 heteroatoms. The van der Waals surface area contributed by atoms with Crippen molar-refractivity contribution in [1.82, 2.24) is 16.0 Å². The van der Waals surface area contributed by atoms with Crippen molar-refractivity contribution in [2.75, 3.05) is 12.4 Å². The molecule has 0 aliphatic carbocycles. The number of phenolic OH excluding ortho intramolecular Hbond substituents is 1. The van der Waals surface area contributed by atoms with E-state index in [9.17, 15) is 34.5 Å². The minimum absolute atomic E-state index is 0.0202. The molecule has 166 valence electrons. The van der Waals surface area contributed by atoms with Gasteiger partial charge >= 0.3 is 5.97 Å². The number of amides is 3. The van der Waals surface area contributed by atoms with E-state index in [4.69, 9.17) is 5.73 Å². The highest BCUT2D eigenvalue weighted by atomic mass is 32.1. The van der Waals surface area contributed by atoms with E-state index in [-0.39, 0.29) is 17.9 Å². The van der Waals surface area contributed by atoms with Gasteiger partial charge < -0.3 is 37.0 Å². The van der Waals surface area contributed by atoms with E-state index >= 15 is 0 Å². The maximum Gasteiger partial charge on any atom is 0.326 e. The summed E-state index contributed by atoms with van der Waals surface area (Å²) in [5.41, 5.74) is 6.06. The third-order valence-electron chi connectivity index (χ3n) is 4.09. The molecule has 0 aromatic heterocycles. The molecule has 1 rings (SSSR count). The first kappa shape index (κ1) is 25.2. The van der Waals surface area contributed by atoms with Crippen LogP contribution in [0.2, 0.25) is 0 Å². The van der Waals surface area contributed by atoms with E-state index in [1.54, 1.807) is 0 Å². The molecular weight excluding hydrogens is 416 g/mol. The van der Waals surface area contributed by atoms with Crippen molar-refractivity contribution in [2.45, 2.75) is 37.5 Å². The Balaban J connectivity index is 2.69. The van der Waals surface area contributed by atoms with Crippen LogP contribution >= 0.6 is 12.6 Å². The second kappa shape index (κ2) is 12.0. The molecule has 0 bridgehead atoms. The first-order valence-electron chi connectivity index (χ1n) is 8.98. The van der Waals surface area contributed by atoms with Crippen LogP contribution in [0.1, 0.15) is 12.5 Å². The average molecular weight is 442 g/mol. The molecule has 30 heavy (non-hydrogen) atoms. The van der Waals surface area contributed by atoms with Crippen molar-refractivity contribution in [3.8, 4) is 5.75 Å². The summed E-state index contributed by atoms with van der Waals surface area (Å²) in [4.78, 5) is 47.7. The Labute approximate surface area is 178 Å². The summed E-state index contributed by atoms with van der Waals surface area (Å²) in [7, 11) is 0. The molecule has 1 aromatic carbocycles. The molecule has 0 aliphatic heterocycles. The fraction of sp³-hybridized carbons (Fsp3) is 0.444. The molecule has 0 spiro atoms. The Hall–Kier alpha value is -2.83. The van der Waals surface area contributed by atoms with E-state index in [0.29, 0.717) is 5.56 Å². The lowest BCUT2D eigenvalue weighted by Crippen LogP contribution is -2.57. The van der Waals surface area contributed by atoms with Crippen molar-refractivity contribution >= 4 is 36.3 Å². The molecular formula is C18H26N4O7S. The van der Waals surface area contributed by atoms with Gasteiger partial charge in [-0.3, -0.25) is 14.4 Å². The number of hydrogen-bond acceptors (Lipinski definition) is 8. The number of benzene rings is 1. The van der Waals surface area contributed by atoms with Crippen molar-refractivity contribution in [3.63, 3.8) is 0 Å². The number of rotatable bonds is 11. The number of thiol groups is 1. The van der Waals surface area contributed by atoms with Crippen molar-refractivity contribution in [1.29, 1.82) is 0 Å². The number of carboxylic acid groups (broad SMARTS) is 1. The van der Waals surface area contributed by atoms with Gasteiger partial charge in [-0.2, -0.15) is 12.6 Å². The zero-order chi connectivity index (χ0) is 22.8. The minimum Gasteiger partial charge on any atom is -0.508 e. The standard InChI is InChI=1S/C18H26N4O7S/c1-9(20-17(27)14(7-23)22-16(26)12(19)8-30)15(25)21-13(18(28)29)6-10-2-4-11(24)5-3-10/h2-5,9,12-14,23-24,30H,6-8,19H2,1H3,(H,20,27)(H,21,25)(H,22,26)(H,28,29). The number of aromatic hydroxyl groups is 1. The van der Waals surface area contributed by atoms with Gasteiger partial charge in [0, 0.05) is 12.2 Å². The van der Waals surface area contributed by atoms with Gasteiger partial charge in [0.1, 0.15) is 23.9 Å². The summed E-state index contributed by atoms with van der Waals surface area (Å²) in [6.07, 6.45) is -0.0427. The van der Waals surface area contributed by atoms with Gasteiger partial charge in [-0.05, 0) is 24.6 Å². The Kier molecular flexibility index (Phi) is 10.1. The number of nitrogens with two attached hydrogens (primary N) is 1. The molecule has 0 saturated heterocycles. The number of aliphatic carboxylic acids is 1. The van der Waals surface area contributed by atoms with Crippen molar-refractivity contribution < 1.29 is 34.5 Å². The maximum absolute atomic E-state index is 12.3. The van der Waals surface area contributed by atoms with Crippen LogP contribution in [0.25, 0.3) is 0 Å². The van der Waals surface area contributed by atoms with E-state index in [1.165, 1.54) is 31.2 Å². The predicted molar refractivity (Wildman–Crippen MR) is 110 cm³/mol. The maximum atomic E-state index is 12.3. The number of phenols is 1. The first-order valence-corrected chi connectivity index (χ1v) is 9.61. The number of nitrogens with one attached hydrogen (secondary N) is 3. The lowest BCUT2D eigenvalue weighted by atomic mass is 10.1. The Morgan fingerprint density at radius 2 is 1.57 bits per heavy atom. The van der Waals surface area contributed by atoms with Crippen molar-refractivity contribution in [3.05, 3.63) is 29.8 Å². The van der Waals surface area contributed by atoms with E-state index in [0.717, 1.165) is 0 Å². The Morgan fingerprint density at radius 1 is 1.00 bits per heavy atom. The molecule has 3 amide bonds. The SMILES string of the molecule is CC(NC(=O)C(CO)NC(=O)C(N)CS)C(=O)NC(Cc1ccc(O)cc1)C(=O)O. The molecule has 8 N–H and O–H groups in total. The third-order valence-corrected chi connectivity index (χ3v) is 4.49. The summed E-state index contributed by atoms with van der Waals surface area (Å²) in [5, 5.41) is 34.8. The summed E-state index contributed by atoms with van der Waals surface area (Å²) < 4.78 is 0. The lowest BCUT2D eigenvalue weighted by molar-refractivity contribution is -0.142. The zero-order valence-electron chi connectivity index (χ0n) is 16.2. The normalized spacial score (nSPS) is 14.7. The van der Waals surface area contributed by atoms with Crippen LogP contribution < -0.4 is 21.7 Å². The van der Waals surface area contributed by atoms with Crippen LogP contribution in [0, 0.1) is 0 Å². The summed E-state index contributed by atoms with van der Waals surface area (Å²) in [5.74, 6) is -3.55. The summed E-state index contributed by atoms with van der Waals surface area (Å²) in [6, 6.07) is 1.08. The largest absolute Gasteiger partial charge is 0.508 e. The number of carbonyl (C=O) groups is 4. The highest BCUT2D eigenvalue weighted by Crippen LogP contribution is 2.11. The monoisotopic (exact) mass is 442 g/mol. The lowest BCUT2D eigenvalue weighted by Gasteiger charge is -2.22. The fourth-order valence-electron chi connectivity index (χ4n) is 2.30. The van der Waals surface area contributed by atoms with Crippen LogP contribution in [0.4, 0.5) is 0 Å². The quantitative estimate of drug-likeness (QED) is 0.176. The second-order valence-corrected chi connectivity index (χ2v) is 6.90. The van der Waals surface area contributed by atoms with Crippen molar-refractivity contribution in [2.24, 2.45) is 5.73 Å². The predicted octanol–water partition coefficient (Wildman–Crippen LogP) is -2.26. The zero-order valence-corrected chi connectivity index (χ0v) is 17.1. The Bertz CT molecular complexity index is 759. The van der Waals surface area contributed by atoms with Gasteiger partial charge in [0.2, 0.25) is 17.7 Å². The smallest absolute Gasteiger partial charge is 0.326 e. The van der Waals surface area contributed by atoms with Crippen LogP contribution in [-0.4, -0.2) is 75.5 Å². The number of aliphatic hydroxyl groups is 1. The van der Waals surface area contributed by atoms with E-state index < -0.39 is 54.5 Å². The second-order valence-electron chi connectivity index (χ2n) is 6.53. The molecule has 0 saturated carbocycles. The first-order chi connectivity index (χ1) is 14.1. The molecule has 0 heterocycles. The summed E-state index contributed by atoms with van der Waals surface area (Å²) in [6.45, 7) is 0.590. The Morgan fingerprint density at radius 3 is 2.07 bits per heavy atom. The average Bonchev–Trinajstić information content (AvgIpc) is 2.71. The number of carbonyl (C=O) groups excluding carboxylic acids is 3. The molecule has 4 unspecified atom stereocenters. The van der Waals surface area contributed by atoms with Gasteiger partial charge in [0.05, 0.1) is 12.6 Å². The molecule has 0 aliphatic rings. The van der Waals surface area contributed by atoms with Crippen LogP contribution in [0.3, 0.4) is 0 Å². The highest BCUT2D eigenvalue weighted by molar-refractivity contribution is 7.80. The third kappa shape index (κ3) is 7.89. The van der Waals surface area contributed by atoms with Gasteiger partial charge in [0.25, 0.3) is 0 Å². The molecule has 11 nitrogen and oxygen atoms in total. The fourth-order valence-corrected chi connectivity index (χ4v) is 2.47.